The monoisotopic (exact) mass is 434 g/mol. The van der Waals surface area contributed by atoms with Crippen LogP contribution < -0.4 is 4.74 Å². The fraction of sp³-hybridized carbons (Fsp3) is 0.385. The Morgan fingerprint density at radius 1 is 1.25 bits per heavy atom. The second-order valence-corrected chi connectivity index (χ2v) is 8.68. The lowest BCUT2D eigenvalue weighted by atomic mass is 9.85. The fourth-order valence-electron chi connectivity index (χ4n) is 4.87. The summed E-state index contributed by atoms with van der Waals surface area (Å²) in [7, 11) is 3.45. The third-order valence-electron chi connectivity index (χ3n) is 6.61. The number of aromatic nitrogens is 1. The van der Waals surface area contributed by atoms with Crippen molar-refractivity contribution < 1.29 is 19.4 Å². The van der Waals surface area contributed by atoms with Gasteiger partial charge >= 0.3 is 5.97 Å². The summed E-state index contributed by atoms with van der Waals surface area (Å²) in [5.41, 5.74) is 4.59. The number of hydrogen-bond donors (Lipinski definition) is 2. The topological polar surface area (TPSA) is 82.6 Å². The van der Waals surface area contributed by atoms with Crippen LogP contribution in [0.3, 0.4) is 0 Å². The van der Waals surface area contributed by atoms with Crippen LogP contribution in [0.15, 0.2) is 42.6 Å². The molecular formula is C26H30N2O4. The van der Waals surface area contributed by atoms with Gasteiger partial charge in [0.1, 0.15) is 5.75 Å². The normalized spacial score (nSPS) is 17.2. The van der Waals surface area contributed by atoms with Crippen LogP contribution >= 0.6 is 0 Å². The second-order valence-electron chi connectivity index (χ2n) is 8.68. The minimum absolute atomic E-state index is 0.0509. The average Bonchev–Trinajstić information content (AvgIpc) is 3.35. The third-order valence-corrected chi connectivity index (χ3v) is 6.61. The first-order chi connectivity index (χ1) is 15.4. The molecule has 1 aromatic heterocycles. The first-order valence-corrected chi connectivity index (χ1v) is 11.2. The minimum atomic E-state index is -0.967. The maximum atomic E-state index is 12.4. The number of nitrogens with one attached hydrogen (secondary N) is 1. The van der Waals surface area contributed by atoms with Crippen LogP contribution in [0.25, 0.3) is 10.9 Å². The van der Waals surface area contributed by atoms with E-state index in [1.54, 1.807) is 19.2 Å². The van der Waals surface area contributed by atoms with Gasteiger partial charge in [-0.3, -0.25) is 4.79 Å². The smallest absolute Gasteiger partial charge is 0.335 e. The number of benzene rings is 2. The number of rotatable bonds is 8. The zero-order valence-electron chi connectivity index (χ0n) is 18.9. The highest BCUT2D eigenvalue weighted by Crippen LogP contribution is 2.39. The van der Waals surface area contributed by atoms with Crippen LogP contribution in [0.5, 0.6) is 5.75 Å². The number of hydrogen-bond acceptors (Lipinski definition) is 3. The minimum Gasteiger partial charge on any atom is -0.496 e. The molecule has 3 aromatic rings. The van der Waals surface area contributed by atoms with E-state index in [-0.39, 0.29) is 23.3 Å². The predicted octanol–water partition coefficient (Wildman–Crippen LogP) is 4.83. The zero-order chi connectivity index (χ0) is 22.8. The van der Waals surface area contributed by atoms with E-state index in [1.165, 1.54) is 5.56 Å². The Bertz CT molecular complexity index is 1150. The van der Waals surface area contributed by atoms with Gasteiger partial charge in [-0.05, 0) is 54.7 Å². The quantitative estimate of drug-likeness (QED) is 0.532. The van der Waals surface area contributed by atoms with Gasteiger partial charge in [0.15, 0.2) is 0 Å². The number of likely N-dealkylation sites (tertiary alicyclic amines) is 1. The molecule has 6 nitrogen and oxygen atoms in total. The number of aromatic carboxylic acids is 1. The summed E-state index contributed by atoms with van der Waals surface area (Å²) in [6.07, 6.45) is 5.58. The number of carboxylic acids is 1. The van der Waals surface area contributed by atoms with Crippen molar-refractivity contribution in [2.24, 2.45) is 5.92 Å². The maximum absolute atomic E-state index is 12.4. The van der Waals surface area contributed by atoms with E-state index in [9.17, 15) is 14.7 Å². The van der Waals surface area contributed by atoms with E-state index >= 15 is 0 Å². The number of nitrogens with zero attached hydrogens (tertiary/aromatic N) is 1. The Morgan fingerprint density at radius 3 is 2.72 bits per heavy atom. The molecule has 0 aliphatic carbocycles. The molecule has 168 valence electrons. The number of amides is 1. The molecule has 1 fully saturated rings. The van der Waals surface area contributed by atoms with E-state index in [1.807, 2.05) is 24.2 Å². The average molecular weight is 435 g/mol. The van der Waals surface area contributed by atoms with E-state index < -0.39 is 5.97 Å². The molecular weight excluding hydrogens is 404 g/mol. The Labute approximate surface area is 188 Å². The van der Waals surface area contributed by atoms with Crippen LogP contribution in [0.2, 0.25) is 0 Å². The first kappa shape index (κ1) is 21.9. The van der Waals surface area contributed by atoms with Crippen LogP contribution in [0, 0.1) is 5.92 Å². The molecule has 0 spiro atoms. The van der Waals surface area contributed by atoms with Gasteiger partial charge in [0, 0.05) is 48.1 Å². The molecule has 2 heterocycles. The Morgan fingerprint density at radius 2 is 2.06 bits per heavy atom. The SMILES string of the molecule is CCCC(c1ccc(C(=O)O)cc1OC)c1c[nH]c2ccc(CC3CCN(C)C3=O)cc12. The van der Waals surface area contributed by atoms with Gasteiger partial charge in [0.05, 0.1) is 12.7 Å². The molecule has 0 radical (unpaired) electrons. The molecule has 2 atom stereocenters. The molecule has 1 aliphatic rings. The summed E-state index contributed by atoms with van der Waals surface area (Å²) in [5.74, 6) is -0.0262. The molecule has 1 amide bonds. The number of aromatic amines is 1. The van der Waals surface area contributed by atoms with Crippen molar-refractivity contribution in [2.75, 3.05) is 20.7 Å². The molecule has 4 rings (SSSR count). The van der Waals surface area contributed by atoms with E-state index in [4.69, 9.17) is 4.74 Å². The van der Waals surface area contributed by atoms with Crippen LogP contribution in [-0.2, 0) is 11.2 Å². The van der Waals surface area contributed by atoms with Gasteiger partial charge in [-0.1, -0.05) is 25.5 Å². The molecule has 2 unspecified atom stereocenters. The van der Waals surface area contributed by atoms with Crippen molar-refractivity contribution in [3.8, 4) is 5.75 Å². The standard InChI is InChI=1S/C26H30N2O4/c1-4-5-19(20-8-7-18(26(30)31)14-24(20)32-3)22-15-27-23-9-6-16(13-21(22)23)12-17-10-11-28(2)25(17)29/h6-9,13-15,17,19,27H,4-5,10-12H2,1-3H3,(H,30,31). The highest BCUT2D eigenvalue weighted by molar-refractivity contribution is 5.89. The van der Waals surface area contributed by atoms with Crippen LogP contribution in [0.1, 0.15) is 59.2 Å². The number of carbonyl (C=O) groups excluding carboxylic acids is 1. The van der Waals surface area contributed by atoms with Gasteiger partial charge in [-0.2, -0.15) is 0 Å². The molecule has 2 N–H and O–H groups in total. The number of fused-ring (bicyclic) bond motifs is 1. The Balaban J connectivity index is 1.73. The Hall–Kier alpha value is -3.28. The Kier molecular flexibility index (Phi) is 6.21. The summed E-state index contributed by atoms with van der Waals surface area (Å²) in [4.78, 5) is 29.0. The molecule has 0 bridgehead atoms. The first-order valence-electron chi connectivity index (χ1n) is 11.2. The number of ether oxygens (including phenoxy) is 1. The lowest BCUT2D eigenvalue weighted by molar-refractivity contribution is -0.129. The number of carbonyl (C=O) groups is 2. The number of carboxylic acid groups (broad SMARTS) is 1. The third kappa shape index (κ3) is 4.09. The molecule has 1 saturated heterocycles. The van der Waals surface area contributed by atoms with Gasteiger partial charge < -0.3 is 19.7 Å². The van der Waals surface area contributed by atoms with Crippen molar-refractivity contribution in [1.29, 1.82) is 0 Å². The number of H-pyrrole nitrogens is 1. The van der Waals surface area contributed by atoms with Crippen molar-refractivity contribution in [3.63, 3.8) is 0 Å². The fourth-order valence-corrected chi connectivity index (χ4v) is 4.87. The van der Waals surface area contributed by atoms with Gasteiger partial charge in [0.2, 0.25) is 5.91 Å². The summed E-state index contributed by atoms with van der Waals surface area (Å²) < 4.78 is 5.59. The van der Waals surface area contributed by atoms with Crippen molar-refractivity contribution in [1.82, 2.24) is 9.88 Å². The molecule has 2 aromatic carbocycles. The summed E-state index contributed by atoms with van der Waals surface area (Å²) in [6, 6.07) is 11.5. The van der Waals surface area contributed by atoms with Gasteiger partial charge in [0.25, 0.3) is 0 Å². The lowest BCUT2D eigenvalue weighted by Crippen LogP contribution is -2.23. The molecule has 32 heavy (non-hydrogen) atoms. The molecule has 6 heteroatoms. The predicted molar refractivity (Wildman–Crippen MR) is 124 cm³/mol. The van der Waals surface area contributed by atoms with Gasteiger partial charge in [-0.25, -0.2) is 4.79 Å². The van der Waals surface area contributed by atoms with Crippen LogP contribution in [-0.4, -0.2) is 47.6 Å². The largest absolute Gasteiger partial charge is 0.496 e. The molecule has 1 aliphatic heterocycles. The lowest BCUT2D eigenvalue weighted by Gasteiger charge is -2.20. The van der Waals surface area contributed by atoms with E-state index in [0.717, 1.165) is 54.3 Å². The highest BCUT2D eigenvalue weighted by Gasteiger charge is 2.29. The zero-order valence-corrected chi connectivity index (χ0v) is 18.9. The van der Waals surface area contributed by atoms with Crippen molar-refractivity contribution >= 4 is 22.8 Å². The number of methoxy groups -OCH3 is 1. The highest BCUT2D eigenvalue weighted by atomic mass is 16.5. The summed E-state index contributed by atoms with van der Waals surface area (Å²) in [5, 5.41) is 10.5. The van der Waals surface area contributed by atoms with Crippen molar-refractivity contribution in [2.45, 2.75) is 38.5 Å². The van der Waals surface area contributed by atoms with E-state index in [0.29, 0.717) is 5.75 Å². The maximum Gasteiger partial charge on any atom is 0.335 e. The van der Waals surface area contributed by atoms with Gasteiger partial charge in [-0.15, -0.1) is 0 Å². The van der Waals surface area contributed by atoms with Crippen molar-refractivity contribution in [3.05, 3.63) is 64.8 Å². The van der Waals surface area contributed by atoms with Crippen LogP contribution in [0.4, 0.5) is 0 Å². The summed E-state index contributed by atoms with van der Waals surface area (Å²) >= 11 is 0. The van der Waals surface area contributed by atoms with E-state index in [2.05, 4.69) is 30.1 Å². The summed E-state index contributed by atoms with van der Waals surface area (Å²) in [6.45, 7) is 2.97. The molecule has 0 saturated carbocycles. The second kappa shape index (κ2) is 9.07.